The molecule has 1 rings (SSSR count). The summed E-state index contributed by atoms with van der Waals surface area (Å²) in [6.07, 6.45) is -4.43. The number of aromatic nitrogens is 2. The lowest BCUT2D eigenvalue weighted by Gasteiger charge is -2.16. The molecule has 0 bridgehead atoms. The Bertz CT molecular complexity index is 367. The van der Waals surface area contributed by atoms with Gasteiger partial charge in [0.25, 0.3) is 5.91 Å². The van der Waals surface area contributed by atoms with Crippen LogP contribution < -0.4 is 0 Å². The zero-order chi connectivity index (χ0) is 11.6. The monoisotopic (exact) mass is 259 g/mol. The standard InChI is InChI=1S/C6H5ClF3N3OS/c1-13(2-6(8,9)10)4(14)3-11-12-5(7)15-3/h2H2,1H3. The van der Waals surface area contributed by atoms with Crippen LogP contribution in [0.25, 0.3) is 0 Å². The fraction of sp³-hybridized carbons (Fsp3) is 0.500. The molecule has 0 aliphatic rings. The summed E-state index contributed by atoms with van der Waals surface area (Å²) >= 11 is 6.13. The lowest BCUT2D eigenvalue weighted by molar-refractivity contribution is -0.138. The molecule has 15 heavy (non-hydrogen) atoms. The van der Waals surface area contributed by atoms with Gasteiger partial charge in [0.2, 0.25) is 9.47 Å². The molecule has 4 nitrogen and oxygen atoms in total. The van der Waals surface area contributed by atoms with Gasteiger partial charge < -0.3 is 4.90 Å². The van der Waals surface area contributed by atoms with E-state index in [1.54, 1.807) is 0 Å². The molecule has 84 valence electrons. The van der Waals surface area contributed by atoms with E-state index >= 15 is 0 Å². The highest BCUT2D eigenvalue weighted by molar-refractivity contribution is 7.17. The van der Waals surface area contributed by atoms with Gasteiger partial charge >= 0.3 is 6.18 Å². The van der Waals surface area contributed by atoms with E-state index in [1.807, 2.05) is 0 Å². The van der Waals surface area contributed by atoms with E-state index in [0.717, 1.165) is 18.4 Å². The minimum atomic E-state index is -4.43. The number of rotatable bonds is 2. The molecule has 0 aliphatic carbocycles. The van der Waals surface area contributed by atoms with E-state index in [9.17, 15) is 18.0 Å². The quantitative estimate of drug-likeness (QED) is 0.814. The van der Waals surface area contributed by atoms with Crippen LogP contribution in [0.1, 0.15) is 9.80 Å². The van der Waals surface area contributed by atoms with E-state index in [1.165, 1.54) is 0 Å². The molecule has 1 heterocycles. The predicted octanol–water partition coefficient (Wildman–Crippen LogP) is 1.83. The first-order valence-corrected chi connectivity index (χ1v) is 4.80. The van der Waals surface area contributed by atoms with Crippen LogP contribution in [0.5, 0.6) is 0 Å². The average Bonchev–Trinajstić information content (AvgIpc) is 2.47. The van der Waals surface area contributed by atoms with Gasteiger partial charge in [-0.3, -0.25) is 4.79 Å². The Kier molecular flexibility index (Phi) is 3.50. The highest BCUT2D eigenvalue weighted by atomic mass is 35.5. The highest BCUT2D eigenvalue weighted by Crippen LogP contribution is 2.19. The van der Waals surface area contributed by atoms with Crippen molar-refractivity contribution in [2.24, 2.45) is 0 Å². The molecule has 0 spiro atoms. The number of amides is 1. The fourth-order valence-electron chi connectivity index (χ4n) is 0.796. The maximum Gasteiger partial charge on any atom is 0.406 e. The smallest absolute Gasteiger partial charge is 0.330 e. The molecule has 0 unspecified atom stereocenters. The Hall–Kier alpha value is -0.890. The number of carbonyl (C=O) groups is 1. The summed E-state index contributed by atoms with van der Waals surface area (Å²) < 4.78 is 35.8. The molecule has 0 saturated carbocycles. The molecule has 1 amide bonds. The molecule has 0 N–H and O–H groups in total. The van der Waals surface area contributed by atoms with Crippen molar-refractivity contribution in [3.63, 3.8) is 0 Å². The van der Waals surface area contributed by atoms with Gasteiger partial charge in [-0.25, -0.2) is 0 Å². The lowest BCUT2D eigenvalue weighted by Crippen LogP contribution is -2.35. The minimum absolute atomic E-state index is 0.0127. The maximum absolute atomic E-state index is 11.9. The van der Waals surface area contributed by atoms with Gasteiger partial charge in [-0.05, 0) is 11.6 Å². The number of hydrogen-bond donors (Lipinski definition) is 0. The first-order valence-electron chi connectivity index (χ1n) is 3.61. The molecule has 0 aromatic carbocycles. The number of alkyl halides is 3. The summed E-state index contributed by atoms with van der Waals surface area (Å²) in [6, 6.07) is 0. The normalized spacial score (nSPS) is 11.5. The Morgan fingerprint density at radius 2 is 2.13 bits per heavy atom. The van der Waals surface area contributed by atoms with Crippen LogP contribution in [0, 0.1) is 0 Å². The largest absolute Gasteiger partial charge is 0.406 e. The molecular formula is C6H5ClF3N3OS. The van der Waals surface area contributed by atoms with Gasteiger partial charge in [-0.1, -0.05) is 11.3 Å². The van der Waals surface area contributed by atoms with Crippen LogP contribution in [0.15, 0.2) is 0 Å². The number of hydrogen-bond acceptors (Lipinski definition) is 4. The second kappa shape index (κ2) is 4.31. The summed E-state index contributed by atoms with van der Waals surface area (Å²) in [5.41, 5.74) is 0. The Labute approximate surface area is 91.7 Å². The number of carbonyl (C=O) groups excluding carboxylic acids is 1. The van der Waals surface area contributed by atoms with Crippen molar-refractivity contribution in [3.05, 3.63) is 9.47 Å². The maximum atomic E-state index is 11.9. The summed E-state index contributed by atoms with van der Waals surface area (Å²) in [4.78, 5) is 11.8. The van der Waals surface area contributed by atoms with E-state index in [2.05, 4.69) is 10.2 Å². The molecule has 0 aliphatic heterocycles. The Balaban J connectivity index is 2.69. The molecule has 9 heteroatoms. The molecular weight excluding hydrogens is 255 g/mol. The van der Waals surface area contributed by atoms with Crippen molar-refractivity contribution >= 4 is 28.8 Å². The van der Waals surface area contributed by atoms with Crippen molar-refractivity contribution in [2.75, 3.05) is 13.6 Å². The van der Waals surface area contributed by atoms with Crippen LogP contribution in [0.3, 0.4) is 0 Å². The summed E-state index contributed by atoms with van der Waals surface area (Å²) in [5.74, 6) is -0.850. The van der Waals surface area contributed by atoms with Crippen molar-refractivity contribution < 1.29 is 18.0 Å². The van der Waals surface area contributed by atoms with Gasteiger partial charge in [-0.15, -0.1) is 10.2 Å². The predicted molar refractivity (Wildman–Crippen MR) is 47.9 cm³/mol. The van der Waals surface area contributed by atoms with Crippen molar-refractivity contribution in [1.82, 2.24) is 15.1 Å². The van der Waals surface area contributed by atoms with Gasteiger partial charge in [0.15, 0.2) is 0 Å². The number of nitrogens with zero attached hydrogens (tertiary/aromatic N) is 3. The fourth-order valence-corrected chi connectivity index (χ4v) is 1.62. The van der Waals surface area contributed by atoms with Crippen LogP contribution in [0.2, 0.25) is 4.47 Å². The zero-order valence-electron chi connectivity index (χ0n) is 7.38. The summed E-state index contributed by atoms with van der Waals surface area (Å²) in [6.45, 7) is -1.33. The van der Waals surface area contributed by atoms with Crippen molar-refractivity contribution in [2.45, 2.75) is 6.18 Å². The third-order valence-electron chi connectivity index (χ3n) is 1.35. The molecule has 0 radical (unpaired) electrons. The first kappa shape index (κ1) is 12.2. The molecule has 1 aromatic heterocycles. The molecule has 0 saturated heterocycles. The van der Waals surface area contributed by atoms with Gasteiger partial charge in [0, 0.05) is 7.05 Å². The second-order valence-corrected chi connectivity index (χ2v) is 4.20. The SMILES string of the molecule is CN(CC(F)(F)F)C(=O)c1nnc(Cl)s1. The van der Waals surface area contributed by atoms with E-state index in [0.29, 0.717) is 4.90 Å². The van der Waals surface area contributed by atoms with E-state index < -0.39 is 18.6 Å². The highest BCUT2D eigenvalue weighted by Gasteiger charge is 2.32. The van der Waals surface area contributed by atoms with Gasteiger partial charge in [-0.2, -0.15) is 13.2 Å². The summed E-state index contributed by atoms with van der Waals surface area (Å²) in [5, 5.41) is 6.51. The molecule has 0 atom stereocenters. The van der Waals surface area contributed by atoms with Gasteiger partial charge in [0.1, 0.15) is 6.54 Å². The topological polar surface area (TPSA) is 46.1 Å². The molecule has 1 aromatic rings. The van der Waals surface area contributed by atoms with Crippen molar-refractivity contribution in [1.29, 1.82) is 0 Å². The average molecular weight is 260 g/mol. The molecule has 0 fully saturated rings. The second-order valence-electron chi connectivity index (χ2n) is 2.64. The van der Waals surface area contributed by atoms with Crippen LogP contribution in [-0.4, -0.2) is 40.8 Å². The summed E-state index contributed by atoms with van der Waals surface area (Å²) in [7, 11) is 1.03. The third kappa shape index (κ3) is 3.63. The van der Waals surface area contributed by atoms with Crippen LogP contribution >= 0.6 is 22.9 Å². The Morgan fingerprint density at radius 3 is 2.53 bits per heavy atom. The van der Waals surface area contributed by atoms with E-state index in [-0.39, 0.29) is 9.47 Å². The Morgan fingerprint density at radius 1 is 1.53 bits per heavy atom. The van der Waals surface area contributed by atoms with Gasteiger partial charge in [0.05, 0.1) is 0 Å². The van der Waals surface area contributed by atoms with E-state index in [4.69, 9.17) is 11.6 Å². The number of halogens is 4. The third-order valence-corrected chi connectivity index (χ3v) is 2.35. The lowest BCUT2D eigenvalue weighted by atomic mass is 10.5. The first-order chi connectivity index (χ1) is 6.79. The minimum Gasteiger partial charge on any atom is -0.330 e. The van der Waals surface area contributed by atoms with Crippen LogP contribution in [-0.2, 0) is 0 Å². The van der Waals surface area contributed by atoms with Crippen LogP contribution in [0.4, 0.5) is 13.2 Å². The zero-order valence-corrected chi connectivity index (χ0v) is 8.95. The van der Waals surface area contributed by atoms with Crippen molar-refractivity contribution in [3.8, 4) is 0 Å².